The molecule has 2 aromatic carbocycles. The van der Waals surface area contributed by atoms with E-state index < -0.39 is 5.97 Å². The molecule has 160 valence electrons. The van der Waals surface area contributed by atoms with Crippen LogP contribution in [0.15, 0.2) is 36.4 Å². The number of esters is 1. The monoisotopic (exact) mass is 412 g/mol. The normalized spacial score (nSPS) is 13.5. The van der Waals surface area contributed by atoms with E-state index in [0.29, 0.717) is 28.3 Å². The Balaban J connectivity index is 1.88. The molecule has 0 bridgehead atoms. The Bertz CT molecular complexity index is 906. The van der Waals surface area contributed by atoms with E-state index in [9.17, 15) is 9.59 Å². The van der Waals surface area contributed by atoms with Crippen molar-refractivity contribution in [1.82, 2.24) is 0 Å². The quantitative estimate of drug-likeness (QED) is 0.690. The molecule has 2 aromatic rings. The van der Waals surface area contributed by atoms with Crippen LogP contribution in [0.25, 0.3) is 0 Å². The minimum atomic E-state index is -0.459. The first kappa shape index (κ1) is 21.5. The molecule has 0 radical (unpaired) electrons. The molecule has 30 heavy (non-hydrogen) atoms. The summed E-state index contributed by atoms with van der Waals surface area (Å²) in [5.41, 5.74) is 2.10. The van der Waals surface area contributed by atoms with Crippen LogP contribution in [0.1, 0.15) is 46.9 Å². The van der Waals surface area contributed by atoms with Gasteiger partial charge in [-0.05, 0) is 62.6 Å². The molecule has 7 nitrogen and oxygen atoms in total. The Labute approximate surface area is 176 Å². The number of ether oxygens (including phenoxy) is 3. The van der Waals surface area contributed by atoms with Gasteiger partial charge in [0.15, 0.2) is 11.5 Å². The Hall–Kier alpha value is -3.22. The number of anilines is 2. The highest BCUT2D eigenvalue weighted by Gasteiger charge is 2.20. The lowest BCUT2D eigenvalue weighted by molar-refractivity contribution is 0.0527. The second-order valence-electron chi connectivity index (χ2n) is 7.02. The fourth-order valence-corrected chi connectivity index (χ4v) is 3.54. The van der Waals surface area contributed by atoms with Gasteiger partial charge in [0.1, 0.15) is 0 Å². The zero-order valence-corrected chi connectivity index (χ0v) is 17.7. The molecule has 1 aliphatic rings. The molecule has 0 spiro atoms. The average Bonchev–Trinajstić information content (AvgIpc) is 2.79. The lowest BCUT2D eigenvalue weighted by Gasteiger charge is -2.29. The Kier molecular flexibility index (Phi) is 7.17. The van der Waals surface area contributed by atoms with E-state index >= 15 is 0 Å². The first-order valence-electron chi connectivity index (χ1n) is 10.2. The van der Waals surface area contributed by atoms with Crippen molar-refractivity contribution in [2.45, 2.75) is 26.2 Å². The number of piperidine rings is 1. The zero-order valence-electron chi connectivity index (χ0n) is 17.7. The van der Waals surface area contributed by atoms with Gasteiger partial charge in [0.25, 0.3) is 5.91 Å². The van der Waals surface area contributed by atoms with Crippen LogP contribution >= 0.6 is 0 Å². The summed E-state index contributed by atoms with van der Waals surface area (Å²) in [6.45, 7) is 3.93. The minimum absolute atomic E-state index is 0.260. The fraction of sp³-hybridized carbons (Fsp3) is 0.391. The molecule has 1 amide bonds. The molecule has 0 aromatic heterocycles. The van der Waals surface area contributed by atoms with Gasteiger partial charge in [0.2, 0.25) is 0 Å². The van der Waals surface area contributed by atoms with Crippen molar-refractivity contribution in [1.29, 1.82) is 0 Å². The van der Waals surface area contributed by atoms with Crippen molar-refractivity contribution in [2.75, 3.05) is 44.1 Å². The van der Waals surface area contributed by atoms with Crippen LogP contribution in [0.2, 0.25) is 0 Å². The number of benzene rings is 2. The van der Waals surface area contributed by atoms with Crippen LogP contribution in [-0.4, -0.2) is 45.8 Å². The molecule has 1 heterocycles. The summed E-state index contributed by atoms with van der Waals surface area (Å²) >= 11 is 0. The molecule has 1 saturated heterocycles. The minimum Gasteiger partial charge on any atom is -0.493 e. The van der Waals surface area contributed by atoms with Crippen LogP contribution in [-0.2, 0) is 4.74 Å². The van der Waals surface area contributed by atoms with Crippen LogP contribution in [0, 0.1) is 0 Å². The van der Waals surface area contributed by atoms with Gasteiger partial charge in [-0.3, -0.25) is 4.79 Å². The van der Waals surface area contributed by atoms with Gasteiger partial charge in [-0.25, -0.2) is 4.79 Å². The van der Waals surface area contributed by atoms with Gasteiger partial charge in [0.05, 0.1) is 32.1 Å². The van der Waals surface area contributed by atoms with E-state index in [0.717, 1.165) is 31.6 Å². The van der Waals surface area contributed by atoms with E-state index in [1.54, 1.807) is 37.3 Å². The van der Waals surface area contributed by atoms with E-state index in [1.807, 2.05) is 6.07 Å². The molecule has 0 aliphatic carbocycles. The Morgan fingerprint density at radius 2 is 1.70 bits per heavy atom. The summed E-state index contributed by atoms with van der Waals surface area (Å²) in [6, 6.07) is 10.4. The summed E-state index contributed by atoms with van der Waals surface area (Å²) in [6.07, 6.45) is 3.49. The first-order valence-corrected chi connectivity index (χ1v) is 10.2. The molecule has 1 fully saturated rings. The lowest BCUT2D eigenvalue weighted by Crippen LogP contribution is -2.29. The van der Waals surface area contributed by atoms with Crippen LogP contribution in [0.3, 0.4) is 0 Å². The van der Waals surface area contributed by atoms with Gasteiger partial charge >= 0.3 is 5.97 Å². The predicted octanol–water partition coefficient (Wildman–Crippen LogP) is 4.12. The van der Waals surface area contributed by atoms with E-state index in [2.05, 4.69) is 10.2 Å². The summed E-state index contributed by atoms with van der Waals surface area (Å²) in [5, 5.41) is 2.83. The van der Waals surface area contributed by atoms with E-state index in [4.69, 9.17) is 14.2 Å². The highest BCUT2D eigenvalue weighted by atomic mass is 16.5. The molecular formula is C23H28N2O5. The summed E-state index contributed by atoms with van der Waals surface area (Å²) < 4.78 is 15.7. The topological polar surface area (TPSA) is 77.1 Å². The molecule has 3 rings (SSSR count). The molecule has 7 heteroatoms. The second kappa shape index (κ2) is 10.0. The van der Waals surface area contributed by atoms with Gasteiger partial charge in [-0.1, -0.05) is 0 Å². The van der Waals surface area contributed by atoms with Gasteiger partial charge in [-0.15, -0.1) is 0 Å². The lowest BCUT2D eigenvalue weighted by atomic mass is 10.1. The van der Waals surface area contributed by atoms with Crippen molar-refractivity contribution >= 4 is 23.3 Å². The highest BCUT2D eigenvalue weighted by molar-refractivity contribution is 6.08. The van der Waals surface area contributed by atoms with Crippen molar-refractivity contribution in [3.63, 3.8) is 0 Å². The maximum absolute atomic E-state index is 12.8. The van der Waals surface area contributed by atoms with Gasteiger partial charge < -0.3 is 24.4 Å². The van der Waals surface area contributed by atoms with Gasteiger partial charge in [0, 0.05) is 24.3 Å². The van der Waals surface area contributed by atoms with Crippen molar-refractivity contribution in [3.8, 4) is 11.5 Å². The zero-order chi connectivity index (χ0) is 21.5. The largest absolute Gasteiger partial charge is 0.493 e. The Morgan fingerprint density at radius 3 is 2.37 bits per heavy atom. The SMILES string of the molecule is CCOC(=O)c1cc(N2CCCCC2)ccc1NC(=O)c1ccc(OC)c(OC)c1. The molecule has 0 unspecified atom stereocenters. The number of carbonyl (C=O) groups excluding carboxylic acids is 2. The summed E-state index contributed by atoms with van der Waals surface area (Å²) in [4.78, 5) is 27.7. The van der Waals surface area contributed by atoms with Crippen molar-refractivity contribution in [3.05, 3.63) is 47.5 Å². The molecule has 0 saturated carbocycles. The third-order valence-corrected chi connectivity index (χ3v) is 5.11. The molecule has 0 atom stereocenters. The van der Waals surface area contributed by atoms with Crippen LogP contribution in [0.5, 0.6) is 11.5 Å². The number of rotatable bonds is 7. The van der Waals surface area contributed by atoms with Crippen LogP contribution < -0.4 is 19.7 Å². The van der Waals surface area contributed by atoms with Crippen LogP contribution in [0.4, 0.5) is 11.4 Å². The second-order valence-corrected chi connectivity index (χ2v) is 7.02. The fourth-order valence-electron chi connectivity index (χ4n) is 3.54. The number of amides is 1. The standard InChI is InChI=1S/C23H28N2O5/c1-4-30-23(27)18-15-17(25-12-6-5-7-13-25)9-10-19(18)24-22(26)16-8-11-20(28-2)21(14-16)29-3/h8-11,14-15H,4-7,12-13H2,1-3H3,(H,24,26). The third kappa shape index (κ3) is 4.84. The van der Waals surface area contributed by atoms with E-state index in [-0.39, 0.29) is 12.5 Å². The van der Waals surface area contributed by atoms with E-state index in [1.165, 1.54) is 20.6 Å². The predicted molar refractivity (Wildman–Crippen MR) is 116 cm³/mol. The van der Waals surface area contributed by atoms with Gasteiger partial charge in [-0.2, -0.15) is 0 Å². The smallest absolute Gasteiger partial charge is 0.340 e. The number of methoxy groups -OCH3 is 2. The molecular weight excluding hydrogens is 384 g/mol. The average molecular weight is 412 g/mol. The number of nitrogens with one attached hydrogen (secondary N) is 1. The molecule has 1 N–H and O–H groups in total. The molecule has 1 aliphatic heterocycles. The first-order chi connectivity index (χ1) is 14.6. The maximum atomic E-state index is 12.8. The number of hydrogen-bond acceptors (Lipinski definition) is 6. The van der Waals surface area contributed by atoms with Crippen molar-refractivity contribution < 1.29 is 23.8 Å². The maximum Gasteiger partial charge on any atom is 0.340 e. The highest BCUT2D eigenvalue weighted by Crippen LogP contribution is 2.29. The Morgan fingerprint density at radius 1 is 0.967 bits per heavy atom. The summed E-state index contributed by atoms with van der Waals surface area (Å²) in [7, 11) is 3.05. The number of hydrogen-bond donors (Lipinski definition) is 1. The summed E-state index contributed by atoms with van der Waals surface area (Å²) in [5.74, 6) is 0.176. The van der Waals surface area contributed by atoms with Crippen molar-refractivity contribution in [2.24, 2.45) is 0 Å². The third-order valence-electron chi connectivity index (χ3n) is 5.11. The number of carbonyl (C=O) groups is 2. The number of nitrogens with zero attached hydrogens (tertiary/aromatic N) is 1.